The Balaban J connectivity index is 2.51. The van der Waals surface area contributed by atoms with Crippen molar-refractivity contribution in [3.63, 3.8) is 0 Å². The molecule has 1 rings (SSSR count). The summed E-state index contributed by atoms with van der Waals surface area (Å²) in [5.41, 5.74) is 0. The summed E-state index contributed by atoms with van der Waals surface area (Å²) in [5.74, 6) is 0.685. The van der Waals surface area contributed by atoms with E-state index in [0.29, 0.717) is 38.6 Å². The van der Waals surface area contributed by atoms with Crippen molar-refractivity contribution < 1.29 is 17.9 Å². The zero-order valence-corrected chi connectivity index (χ0v) is 12.1. The van der Waals surface area contributed by atoms with E-state index in [-0.39, 0.29) is 5.03 Å². The summed E-state index contributed by atoms with van der Waals surface area (Å²) in [6.45, 7) is 4.24. The molecule has 0 aliphatic heterocycles. The third-order valence-electron chi connectivity index (χ3n) is 2.56. The van der Waals surface area contributed by atoms with Crippen LogP contribution in [0.1, 0.15) is 19.2 Å². The van der Waals surface area contributed by atoms with E-state index in [4.69, 9.17) is 14.6 Å². The standard InChI is InChI=1S/C11H21N3O4S/c1-3-10-13-11(19(12,15)16)9-14(10)5-8-18-7-4-6-17-2/h9H,3-8H2,1-2H3,(H2,12,15,16). The average Bonchev–Trinajstić information content (AvgIpc) is 2.76. The van der Waals surface area contributed by atoms with E-state index in [2.05, 4.69) is 4.98 Å². The molecule has 0 amide bonds. The molecule has 110 valence electrons. The molecule has 0 aromatic carbocycles. The number of primary sulfonamides is 1. The minimum Gasteiger partial charge on any atom is -0.385 e. The van der Waals surface area contributed by atoms with Gasteiger partial charge in [-0.3, -0.25) is 0 Å². The SMILES string of the molecule is CCc1nc(S(N)(=O)=O)cn1CCOCCCOC. The Kier molecular flexibility index (Phi) is 6.43. The number of aryl methyl sites for hydroxylation is 1. The number of imidazole rings is 1. The van der Waals surface area contributed by atoms with Crippen LogP contribution in [0.4, 0.5) is 0 Å². The summed E-state index contributed by atoms with van der Waals surface area (Å²) >= 11 is 0. The van der Waals surface area contributed by atoms with Gasteiger partial charge in [0, 0.05) is 39.5 Å². The van der Waals surface area contributed by atoms with Crippen molar-refractivity contribution in [2.75, 3.05) is 26.9 Å². The topological polar surface area (TPSA) is 96.4 Å². The minimum absolute atomic E-state index is 0.0938. The number of nitrogens with zero attached hydrogens (tertiary/aromatic N) is 2. The normalized spacial score (nSPS) is 11.9. The van der Waals surface area contributed by atoms with E-state index in [1.165, 1.54) is 6.20 Å². The van der Waals surface area contributed by atoms with E-state index in [9.17, 15) is 8.42 Å². The zero-order valence-electron chi connectivity index (χ0n) is 11.3. The van der Waals surface area contributed by atoms with Crippen LogP contribution in [0, 0.1) is 0 Å². The largest absolute Gasteiger partial charge is 0.385 e. The average molecular weight is 291 g/mol. The maximum atomic E-state index is 11.2. The fraction of sp³-hybridized carbons (Fsp3) is 0.727. The first-order valence-electron chi connectivity index (χ1n) is 6.14. The molecule has 7 nitrogen and oxygen atoms in total. The molecule has 0 bridgehead atoms. The van der Waals surface area contributed by atoms with Crippen LogP contribution in [0.2, 0.25) is 0 Å². The lowest BCUT2D eigenvalue weighted by molar-refractivity contribution is 0.0973. The van der Waals surface area contributed by atoms with Crippen LogP contribution in [0.15, 0.2) is 11.2 Å². The number of hydrogen-bond donors (Lipinski definition) is 1. The molecule has 1 heterocycles. The molecular weight excluding hydrogens is 270 g/mol. The Bertz CT molecular complexity index is 484. The highest BCUT2D eigenvalue weighted by atomic mass is 32.2. The molecule has 0 radical (unpaired) electrons. The Morgan fingerprint density at radius 1 is 1.37 bits per heavy atom. The fourth-order valence-corrected chi connectivity index (χ4v) is 2.12. The molecule has 1 aromatic rings. The number of hydrogen-bond acceptors (Lipinski definition) is 5. The third-order valence-corrected chi connectivity index (χ3v) is 3.34. The van der Waals surface area contributed by atoms with Crippen molar-refractivity contribution >= 4 is 10.0 Å². The molecule has 2 N–H and O–H groups in total. The Labute approximate surface area is 113 Å². The number of nitrogens with two attached hydrogens (primary N) is 1. The fourth-order valence-electron chi connectivity index (χ4n) is 1.61. The van der Waals surface area contributed by atoms with Crippen molar-refractivity contribution in [3.05, 3.63) is 12.0 Å². The molecular formula is C11H21N3O4S. The molecule has 0 aliphatic carbocycles. The molecule has 1 aromatic heterocycles. The van der Waals surface area contributed by atoms with Crippen LogP contribution in [-0.4, -0.2) is 44.9 Å². The molecule has 0 aliphatic rings. The van der Waals surface area contributed by atoms with Gasteiger partial charge in [0.2, 0.25) is 0 Å². The predicted molar refractivity (Wildman–Crippen MR) is 70.3 cm³/mol. The second-order valence-corrected chi connectivity index (χ2v) is 5.55. The second kappa shape index (κ2) is 7.59. The lowest BCUT2D eigenvalue weighted by atomic mass is 10.4. The van der Waals surface area contributed by atoms with Crippen molar-refractivity contribution in [1.82, 2.24) is 9.55 Å². The highest BCUT2D eigenvalue weighted by molar-refractivity contribution is 7.89. The van der Waals surface area contributed by atoms with Gasteiger partial charge in [0.25, 0.3) is 10.0 Å². The van der Waals surface area contributed by atoms with Gasteiger partial charge in [0.1, 0.15) is 5.82 Å². The highest BCUT2D eigenvalue weighted by Gasteiger charge is 2.15. The molecule has 0 saturated heterocycles. The highest BCUT2D eigenvalue weighted by Crippen LogP contribution is 2.08. The lowest BCUT2D eigenvalue weighted by Crippen LogP contribution is -2.12. The van der Waals surface area contributed by atoms with Gasteiger partial charge in [-0.25, -0.2) is 18.5 Å². The number of methoxy groups -OCH3 is 1. The van der Waals surface area contributed by atoms with Crippen molar-refractivity contribution in [2.45, 2.75) is 31.3 Å². The van der Waals surface area contributed by atoms with Crippen LogP contribution < -0.4 is 5.14 Å². The number of rotatable bonds is 9. The lowest BCUT2D eigenvalue weighted by Gasteiger charge is -2.07. The summed E-state index contributed by atoms with van der Waals surface area (Å²) in [7, 11) is -2.10. The summed E-state index contributed by atoms with van der Waals surface area (Å²) in [6.07, 6.45) is 2.93. The predicted octanol–water partition coefficient (Wildman–Crippen LogP) is 0.146. The van der Waals surface area contributed by atoms with Crippen LogP contribution in [0.25, 0.3) is 0 Å². The molecule has 0 fully saturated rings. The monoisotopic (exact) mass is 291 g/mol. The van der Waals surface area contributed by atoms with Gasteiger partial charge >= 0.3 is 0 Å². The summed E-state index contributed by atoms with van der Waals surface area (Å²) in [6, 6.07) is 0. The number of sulfonamides is 1. The van der Waals surface area contributed by atoms with E-state index in [0.717, 1.165) is 6.42 Å². The first-order valence-corrected chi connectivity index (χ1v) is 7.69. The zero-order chi connectivity index (χ0) is 14.3. The Morgan fingerprint density at radius 3 is 2.68 bits per heavy atom. The molecule has 0 spiro atoms. The van der Waals surface area contributed by atoms with Gasteiger partial charge in [-0.15, -0.1) is 0 Å². The van der Waals surface area contributed by atoms with Crippen molar-refractivity contribution in [3.8, 4) is 0 Å². The Hall–Kier alpha value is -0.960. The summed E-state index contributed by atoms with van der Waals surface area (Å²) < 4.78 is 34.5. The van der Waals surface area contributed by atoms with Gasteiger partial charge < -0.3 is 14.0 Å². The van der Waals surface area contributed by atoms with Crippen molar-refractivity contribution in [1.29, 1.82) is 0 Å². The second-order valence-electron chi connectivity index (χ2n) is 4.05. The first-order chi connectivity index (χ1) is 8.99. The molecule has 0 atom stereocenters. The molecule has 0 saturated carbocycles. The van der Waals surface area contributed by atoms with E-state index in [1.54, 1.807) is 11.7 Å². The van der Waals surface area contributed by atoms with Crippen LogP contribution in [-0.2, 0) is 32.5 Å². The van der Waals surface area contributed by atoms with Crippen LogP contribution >= 0.6 is 0 Å². The van der Waals surface area contributed by atoms with Gasteiger partial charge in [-0.05, 0) is 6.42 Å². The Morgan fingerprint density at radius 2 is 2.11 bits per heavy atom. The van der Waals surface area contributed by atoms with Crippen LogP contribution in [0.5, 0.6) is 0 Å². The molecule has 19 heavy (non-hydrogen) atoms. The smallest absolute Gasteiger partial charge is 0.257 e. The maximum absolute atomic E-state index is 11.2. The van der Waals surface area contributed by atoms with Crippen molar-refractivity contribution in [2.24, 2.45) is 5.14 Å². The molecule has 8 heteroatoms. The van der Waals surface area contributed by atoms with Gasteiger partial charge in [0.05, 0.1) is 6.61 Å². The number of ether oxygens (including phenoxy) is 2. The minimum atomic E-state index is -3.75. The summed E-state index contributed by atoms with van der Waals surface area (Å²) in [4.78, 5) is 4.00. The van der Waals surface area contributed by atoms with E-state index < -0.39 is 10.0 Å². The number of aromatic nitrogens is 2. The van der Waals surface area contributed by atoms with E-state index >= 15 is 0 Å². The van der Waals surface area contributed by atoms with E-state index in [1.807, 2.05) is 6.92 Å². The third kappa shape index (κ3) is 5.27. The quantitative estimate of drug-likeness (QED) is 0.653. The maximum Gasteiger partial charge on any atom is 0.257 e. The van der Waals surface area contributed by atoms with Gasteiger partial charge in [-0.2, -0.15) is 0 Å². The molecule has 0 unspecified atom stereocenters. The first kappa shape index (κ1) is 16.1. The summed E-state index contributed by atoms with van der Waals surface area (Å²) in [5, 5.41) is 4.96. The van der Waals surface area contributed by atoms with Gasteiger partial charge in [-0.1, -0.05) is 6.92 Å². The van der Waals surface area contributed by atoms with Gasteiger partial charge in [0.15, 0.2) is 5.03 Å². The van der Waals surface area contributed by atoms with Crippen LogP contribution in [0.3, 0.4) is 0 Å².